The lowest BCUT2D eigenvalue weighted by Crippen LogP contribution is -2.15. The Hall–Kier alpha value is -2.77. The molecular weight excluding hydrogens is 434 g/mol. The molecule has 1 heterocycles. The summed E-state index contributed by atoms with van der Waals surface area (Å²) in [7, 11) is 0. The Balaban J connectivity index is 1.68. The van der Waals surface area contributed by atoms with Crippen LogP contribution in [0.15, 0.2) is 53.4 Å². The number of aliphatic hydroxyl groups excluding tert-OH is 1. The van der Waals surface area contributed by atoms with E-state index in [1.54, 1.807) is 6.07 Å². The molecule has 0 spiro atoms. The van der Waals surface area contributed by atoms with Crippen molar-refractivity contribution in [3.8, 4) is 17.2 Å². The lowest BCUT2D eigenvalue weighted by molar-refractivity contribution is 0.233. The molecule has 7 heteroatoms. The maximum atomic E-state index is 11.1. The van der Waals surface area contributed by atoms with E-state index in [0.29, 0.717) is 24.5 Å². The summed E-state index contributed by atoms with van der Waals surface area (Å²) in [5, 5.41) is 30.0. The molecule has 0 saturated heterocycles. The lowest BCUT2D eigenvalue weighted by Gasteiger charge is -2.23. The number of aliphatic hydroxyl groups is 1. The first-order chi connectivity index (χ1) is 15.8. The van der Waals surface area contributed by atoms with Gasteiger partial charge in [-0.05, 0) is 29.7 Å². The molecule has 2 N–H and O–H groups in total. The molecule has 4 rings (SSSR count). The fraction of sp³-hybridized carbons (Fsp3) is 0.385. The van der Waals surface area contributed by atoms with Crippen LogP contribution in [-0.2, 0) is 5.41 Å². The van der Waals surface area contributed by atoms with E-state index < -0.39 is 0 Å². The minimum Gasteiger partial charge on any atom is -0.505 e. The maximum absolute atomic E-state index is 11.1. The topological polar surface area (TPSA) is 80.4 Å². The highest BCUT2D eigenvalue weighted by atomic mass is 32.2. The van der Waals surface area contributed by atoms with Gasteiger partial charge in [-0.3, -0.25) is 0 Å². The smallest absolute Gasteiger partial charge is 0.147 e. The minimum absolute atomic E-state index is 0.0664. The van der Waals surface area contributed by atoms with Gasteiger partial charge in [-0.1, -0.05) is 52.0 Å². The summed E-state index contributed by atoms with van der Waals surface area (Å²) < 4.78 is 5.85. The summed E-state index contributed by atoms with van der Waals surface area (Å²) in [5.41, 5.74) is 2.68. The van der Waals surface area contributed by atoms with Gasteiger partial charge in [-0.25, -0.2) is 0 Å². The van der Waals surface area contributed by atoms with Gasteiger partial charge < -0.3 is 14.9 Å². The maximum Gasteiger partial charge on any atom is 0.147 e. The third-order valence-corrected chi connectivity index (χ3v) is 7.09. The summed E-state index contributed by atoms with van der Waals surface area (Å²) in [6.07, 6.45) is 4.74. The largest absolute Gasteiger partial charge is 0.505 e. The molecule has 0 fully saturated rings. The van der Waals surface area contributed by atoms with Crippen LogP contribution in [-0.4, -0.2) is 43.7 Å². The number of ether oxygens (including phenoxy) is 1. The van der Waals surface area contributed by atoms with Crippen molar-refractivity contribution in [2.24, 2.45) is 0 Å². The number of aromatic nitrogens is 3. The van der Waals surface area contributed by atoms with Crippen LogP contribution in [0.5, 0.6) is 11.5 Å². The molecule has 2 unspecified atom stereocenters. The summed E-state index contributed by atoms with van der Waals surface area (Å²) in [4.78, 5) is 2.74. The fourth-order valence-corrected chi connectivity index (χ4v) is 4.96. The molecule has 3 aromatic rings. The Morgan fingerprint density at radius 2 is 1.88 bits per heavy atom. The van der Waals surface area contributed by atoms with Gasteiger partial charge in [0.1, 0.15) is 22.9 Å². The van der Waals surface area contributed by atoms with Gasteiger partial charge in [-0.2, -0.15) is 5.10 Å². The fourth-order valence-electron chi connectivity index (χ4n) is 3.84. The number of nitrogens with zero attached hydrogens (tertiary/aromatic N) is 3. The van der Waals surface area contributed by atoms with E-state index in [0.717, 1.165) is 17.0 Å². The molecule has 6 nitrogen and oxygen atoms in total. The van der Waals surface area contributed by atoms with Crippen molar-refractivity contribution >= 4 is 17.8 Å². The molecule has 0 radical (unpaired) electrons. The van der Waals surface area contributed by atoms with E-state index in [-0.39, 0.29) is 28.9 Å². The van der Waals surface area contributed by atoms with Crippen LogP contribution in [0.2, 0.25) is 0 Å². The molecule has 2 atom stereocenters. The molecule has 0 bridgehead atoms. The van der Waals surface area contributed by atoms with Crippen molar-refractivity contribution in [2.45, 2.75) is 55.6 Å². The number of benzene rings is 2. The van der Waals surface area contributed by atoms with E-state index >= 15 is 0 Å². The van der Waals surface area contributed by atoms with Gasteiger partial charge in [0.15, 0.2) is 0 Å². The standard InChI is InChI=1S/C26H31N3O3S/c1-17-23(33-19-9-6-5-7-10-19)12-11-21-24(17)28-29(27-21)22-16-18(32-14-8-13-30)15-20(25(22)31)26(2,3)4/h5-7,9-12,15-17,23,30-31H,8,13-14H2,1-4H3. The highest BCUT2D eigenvalue weighted by Gasteiger charge is 2.29. The van der Waals surface area contributed by atoms with Crippen LogP contribution in [0.4, 0.5) is 0 Å². The van der Waals surface area contributed by atoms with Gasteiger partial charge in [0.2, 0.25) is 0 Å². The summed E-state index contributed by atoms with van der Waals surface area (Å²) >= 11 is 1.81. The molecule has 2 aromatic carbocycles. The van der Waals surface area contributed by atoms with Crippen LogP contribution in [0.3, 0.4) is 0 Å². The number of thioether (sulfide) groups is 1. The Morgan fingerprint density at radius 1 is 1.12 bits per heavy atom. The number of rotatable bonds is 7. The zero-order valence-corrected chi connectivity index (χ0v) is 20.3. The van der Waals surface area contributed by atoms with E-state index in [9.17, 15) is 5.11 Å². The van der Waals surface area contributed by atoms with Gasteiger partial charge in [0.25, 0.3) is 0 Å². The Kier molecular flexibility index (Phi) is 6.81. The SMILES string of the molecule is CC1c2nn(-c3cc(OCCCO)cc(C(C)(C)C)c3O)nc2C=CC1Sc1ccccc1. The minimum atomic E-state index is -0.299. The Labute approximate surface area is 199 Å². The second kappa shape index (κ2) is 9.61. The second-order valence-electron chi connectivity index (χ2n) is 9.32. The highest BCUT2D eigenvalue weighted by Crippen LogP contribution is 2.41. The Bertz CT molecular complexity index is 1140. The average Bonchev–Trinajstić information content (AvgIpc) is 3.22. The molecular formula is C26H31N3O3S. The van der Waals surface area contributed by atoms with Crippen molar-refractivity contribution in [2.75, 3.05) is 13.2 Å². The average molecular weight is 466 g/mol. The first-order valence-electron chi connectivity index (χ1n) is 11.3. The molecule has 33 heavy (non-hydrogen) atoms. The van der Waals surface area contributed by atoms with Crippen molar-refractivity contribution in [3.05, 3.63) is 65.5 Å². The molecule has 0 aliphatic heterocycles. The zero-order valence-electron chi connectivity index (χ0n) is 19.5. The first kappa shape index (κ1) is 23.4. The van der Waals surface area contributed by atoms with Gasteiger partial charge >= 0.3 is 0 Å². The summed E-state index contributed by atoms with van der Waals surface area (Å²) in [6.45, 7) is 8.75. The van der Waals surface area contributed by atoms with Crippen LogP contribution < -0.4 is 4.74 Å². The normalized spacial score (nSPS) is 17.7. The summed E-state index contributed by atoms with van der Waals surface area (Å²) in [5.74, 6) is 0.936. The monoisotopic (exact) mass is 465 g/mol. The second-order valence-corrected chi connectivity index (χ2v) is 10.6. The quantitative estimate of drug-likeness (QED) is 0.460. The number of hydrogen-bond acceptors (Lipinski definition) is 6. The molecule has 1 aromatic heterocycles. The van der Waals surface area contributed by atoms with Crippen molar-refractivity contribution in [1.82, 2.24) is 15.0 Å². The highest BCUT2D eigenvalue weighted by molar-refractivity contribution is 8.00. The van der Waals surface area contributed by atoms with Crippen molar-refractivity contribution < 1.29 is 14.9 Å². The van der Waals surface area contributed by atoms with Crippen molar-refractivity contribution in [1.29, 1.82) is 0 Å². The number of fused-ring (bicyclic) bond motifs is 1. The van der Waals surface area contributed by atoms with Crippen LogP contribution >= 0.6 is 11.8 Å². The molecule has 0 amide bonds. The number of hydrogen-bond donors (Lipinski definition) is 2. The Morgan fingerprint density at radius 3 is 2.58 bits per heavy atom. The molecule has 174 valence electrons. The van der Waals surface area contributed by atoms with Gasteiger partial charge in [0, 0.05) is 40.7 Å². The van der Waals surface area contributed by atoms with E-state index in [4.69, 9.17) is 14.9 Å². The number of aromatic hydroxyl groups is 1. The van der Waals surface area contributed by atoms with Crippen LogP contribution in [0, 0.1) is 0 Å². The third kappa shape index (κ3) is 5.09. The van der Waals surface area contributed by atoms with E-state index in [1.807, 2.05) is 62.9 Å². The first-order valence-corrected chi connectivity index (χ1v) is 12.1. The van der Waals surface area contributed by atoms with Gasteiger partial charge in [-0.15, -0.1) is 21.7 Å². The molecule has 0 saturated carbocycles. The molecule has 1 aliphatic carbocycles. The third-order valence-electron chi connectivity index (χ3n) is 5.71. The summed E-state index contributed by atoms with van der Waals surface area (Å²) in [6, 6.07) is 14.0. The lowest BCUT2D eigenvalue weighted by atomic mass is 9.86. The van der Waals surface area contributed by atoms with E-state index in [1.165, 1.54) is 9.69 Å². The molecule has 1 aliphatic rings. The number of phenols is 1. The number of phenolic OH excluding ortho intramolecular Hbond substituents is 1. The van der Waals surface area contributed by atoms with Crippen LogP contribution in [0.1, 0.15) is 57.0 Å². The zero-order chi connectivity index (χ0) is 23.6. The van der Waals surface area contributed by atoms with Gasteiger partial charge in [0.05, 0.1) is 12.3 Å². The predicted molar refractivity (Wildman–Crippen MR) is 132 cm³/mol. The van der Waals surface area contributed by atoms with Crippen molar-refractivity contribution in [3.63, 3.8) is 0 Å². The predicted octanol–water partition coefficient (Wildman–Crippen LogP) is 5.32. The van der Waals surface area contributed by atoms with Crippen LogP contribution in [0.25, 0.3) is 11.8 Å². The van der Waals surface area contributed by atoms with E-state index in [2.05, 4.69) is 30.2 Å².